The minimum atomic E-state index is -4.83. The molecule has 2 aromatic rings. The molecule has 0 aliphatic carbocycles. The van der Waals surface area contributed by atoms with Crippen molar-refractivity contribution >= 4 is 10.9 Å². The SMILES string of the molecule is CCC(CO)n1cnc2ccc(OC(F)(F)F)cc2c1=O. The van der Waals surface area contributed by atoms with Gasteiger partial charge in [0, 0.05) is 0 Å². The van der Waals surface area contributed by atoms with Gasteiger partial charge in [-0.2, -0.15) is 0 Å². The van der Waals surface area contributed by atoms with Crippen molar-refractivity contribution in [3.8, 4) is 5.75 Å². The van der Waals surface area contributed by atoms with Crippen LogP contribution >= 0.6 is 0 Å². The van der Waals surface area contributed by atoms with Gasteiger partial charge in [-0.25, -0.2) is 4.98 Å². The fourth-order valence-corrected chi connectivity index (χ4v) is 1.99. The number of hydrogen-bond acceptors (Lipinski definition) is 4. The van der Waals surface area contributed by atoms with Crippen LogP contribution in [0, 0.1) is 0 Å². The first-order valence-electron chi connectivity index (χ1n) is 6.23. The lowest BCUT2D eigenvalue weighted by atomic mass is 10.2. The lowest BCUT2D eigenvalue weighted by Crippen LogP contribution is -2.27. The molecule has 1 unspecified atom stereocenters. The first-order valence-corrected chi connectivity index (χ1v) is 6.23. The van der Waals surface area contributed by atoms with Gasteiger partial charge in [0.1, 0.15) is 5.75 Å². The summed E-state index contributed by atoms with van der Waals surface area (Å²) in [6, 6.07) is 2.90. The lowest BCUT2D eigenvalue weighted by molar-refractivity contribution is -0.274. The van der Waals surface area contributed by atoms with E-state index in [0.29, 0.717) is 6.42 Å². The summed E-state index contributed by atoms with van der Waals surface area (Å²) in [4.78, 5) is 16.3. The van der Waals surface area contributed by atoms with Gasteiger partial charge in [-0.3, -0.25) is 9.36 Å². The third-order valence-electron chi connectivity index (χ3n) is 3.06. The highest BCUT2D eigenvalue weighted by Crippen LogP contribution is 2.24. The molecule has 0 aliphatic rings. The van der Waals surface area contributed by atoms with Crippen molar-refractivity contribution in [1.82, 2.24) is 9.55 Å². The van der Waals surface area contributed by atoms with Gasteiger partial charge in [0.2, 0.25) is 0 Å². The van der Waals surface area contributed by atoms with E-state index in [9.17, 15) is 23.1 Å². The summed E-state index contributed by atoms with van der Waals surface area (Å²) in [5.41, 5.74) is -0.257. The van der Waals surface area contributed by atoms with Gasteiger partial charge in [-0.1, -0.05) is 6.92 Å². The maximum atomic E-state index is 12.3. The zero-order chi connectivity index (χ0) is 15.6. The largest absolute Gasteiger partial charge is 0.573 e. The van der Waals surface area contributed by atoms with E-state index in [-0.39, 0.29) is 17.5 Å². The average molecular weight is 302 g/mol. The van der Waals surface area contributed by atoms with Crippen LogP contribution in [0.4, 0.5) is 13.2 Å². The minimum Gasteiger partial charge on any atom is -0.406 e. The second-order valence-corrected chi connectivity index (χ2v) is 4.43. The first kappa shape index (κ1) is 15.3. The molecular formula is C13H13F3N2O3. The summed E-state index contributed by atoms with van der Waals surface area (Å²) in [5, 5.41) is 9.23. The van der Waals surface area contributed by atoms with Crippen LogP contribution in [0.3, 0.4) is 0 Å². The third-order valence-corrected chi connectivity index (χ3v) is 3.06. The number of alkyl halides is 3. The highest BCUT2D eigenvalue weighted by Gasteiger charge is 2.31. The quantitative estimate of drug-likeness (QED) is 0.940. The monoisotopic (exact) mass is 302 g/mol. The summed E-state index contributed by atoms with van der Waals surface area (Å²) in [6.07, 6.45) is -3.06. The van der Waals surface area contributed by atoms with E-state index in [2.05, 4.69) is 9.72 Å². The Morgan fingerprint density at radius 3 is 2.71 bits per heavy atom. The van der Waals surface area contributed by atoms with Crippen LogP contribution in [0.2, 0.25) is 0 Å². The van der Waals surface area contributed by atoms with Crippen molar-refractivity contribution in [3.05, 3.63) is 34.9 Å². The van der Waals surface area contributed by atoms with Crippen molar-refractivity contribution in [3.63, 3.8) is 0 Å². The highest BCUT2D eigenvalue weighted by molar-refractivity contribution is 5.78. The summed E-state index contributed by atoms with van der Waals surface area (Å²) in [6.45, 7) is 1.52. The van der Waals surface area contributed by atoms with E-state index in [1.54, 1.807) is 6.92 Å². The van der Waals surface area contributed by atoms with Gasteiger partial charge < -0.3 is 9.84 Å². The fourth-order valence-electron chi connectivity index (χ4n) is 1.99. The Bertz CT molecular complexity index is 693. The Kier molecular flexibility index (Phi) is 4.17. The molecule has 1 atom stereocenters. The number of ether oxygens (including phenoxy) is 1. The standard InChI is InChI=1S/C13H13F3N2O3/c1-2-8(6-19)18-7-17-11-4-3-9(21-13(14,15)16)5-10(11)12(18)20/h3-5,7-8,19H,2,6H2,1H3. The fraction of sp³-hybridized carbons (Fsp3) is 0.385. The van der Waals surface area contributed by atoms with Crippen LogP contribution < -0.4 is 10.3 Å². The summed E-state index contributed by atoms with van der Waals surface area (Å²) >= 11 is 0. The molecule has 0 aliphatic heterocycles. The third kappa shape index (κ3) is 3.33. The molecule has 1 aromatic carbocycles. The van der Waals surface area contributed by atoms with Crippen molar-refractivity contribution in [2.75, 3.05) is 6.61 Å². The highest BCUT2D eigenvalue weighted by atomic mass is 19.4. The van der Waals surface area contributed by atoms with Crippen LogP contribution in [0.25, 0.3) is 10.9 Å². The molecule has 1 aromatic heterocycles. The van der Waals surface area contributed by atoms with Gasteiger partial charge in [-0.15, -0.1) is 13.2 Å². The van der Waals surface area contributed by atoms with Crippen LogP contribution in [-0.4, -0.2) is 27.6 Å². The Labute approximate surface area is 117 Å². The maximum Gasteiger partial charge on any atom is 0.573 e. The molecule has 0 saturated heterocycles. The Hall–Kier alpha value is -2.09. The maximum absolute atomic E-state index is 12.3. The lowest BCUT2D eigenvalue weighted by Gasteiger charge is -2.15. The first-order chi connectivity index (χ1) is 9.85. The van der Waals surface area contributed by atoms with E-state index in [1.807, 2.05) is 0 Å². The Balaban J connectivity index is 2.54. The van der Waals surface area contributed by atoms with Gasteiger partial charge in [0.05, 0.1) is 29.9 Å². The predicted octanol–water partition coefficient (Wildman–Crippen LogP) is 2.24. The number of halogens is 3. The molecular weight excluding hydrogens is 289 g/mol. The summed E-state index contributed by atoms with van der Waals surface area (Å²) in [5.74, 6) is -0.483. The van der Waals surface area contributed by atoms with Gasteiger partial charge in [-0.05, 0) is 24.6 Å². The van der Waals surface area contributed by atoms with E-state index < -0.39 is 23.7 Å². The topological polar surface area (TPSA) is 64.3 Å². The average Bonchev–Trinajstić information content (AvgIpc) is 2.41. The molecule has 0 bridgehead atoms. The van der Waals surface area contributed by atoms with E-state index in [1.165, 1.54) is 17.0 Å². The zero-order valence-electron chi connectivity index (χ0n) is 11.1. The number of hydrogen-bond donors (Lipinski definition) is 1. The molecule has 0 saturated carbocycles. The van der Waals surface area contributed by atoms with Crippen LogP contribution in [0.15, 0.2) is 29.3 Å². The molecule has 0 amide bonds. The smallest absolute Gasteiger partial charge is 0.406 e. The van der Waals surface area contributed by atoms with Crippen molar-refractivity contribution < 1.29 is 23.0 Å². The van der Waals surface area contributed by atoms with Gasteiger partial charge in [0.25, 0.3) is 5.56 Å². The molecule has 1 N–H and O–H groups in total. The van der Waals surface area contributed by atoms with Crippen LogP contribution in [0.5, 0.6) is 5.75 Å². The molecule has 1 heterocycles. The van der Waals surface area contributed by atoms with Crippen molar-refractivity contribution in [2.45, 2.75) is 25.7 Å². The molecule has 5 nitrogen and oxygen atoms in total. The number of nitrogens with zero attached hydrogens (tertiary/aromatic N) is 2. The minimum absolute atomic E-state index is 0.00569. The number of aliphatic hydroxyl groups is 1. The summed E-state index contributed by atoms with van der Waals surface area (Å²) in [7, 11) is 0. The normalized spacial score (nSPS) is 13.4. The second-order valence-electron chi connectivity index (χ2n) is 4.43. The van der Waals surface area contributed by atoms with E-state index >= 15 is 0 Å². The number of aliphatic hydroxyl groups excluding tert-OH is 1. The molecule has 2 rings (SSSR count). The zero-order valence-corrected chi connectivity index (χ0v) is 11.1. The molecule has 0 spiro atoms. The molecule has 0 radical (unpaired) electrons. The van der Waals surface area contributed by atoms with Crippen LogP contribution in [0.1, 0.15) is 19.4 Å². The van der Waals surface area contributed by atoms with E-state index in [0.717, 1.165) is 12.1 Å². The number of fused-ring (bicyclic) bond motifs is 1. The van der Waals surface area contributed by atoms with Crippen molar-refractivity contribution in [2.24, 2.45) is 0 Å². The Morgan fingerprint density at radius 1 is 1.43 bits per heavy atom. The Morgan fingerprint density at radius 2 is 2.14 bits per heavy atom. The summed E-state index contributed by atoms with van der Waals surface area (Å²) < 4.78 is 41.6. The van der Waals surface area contributed by atoms with E-state index in [4.69, 9.17) is 0 Å². The molecule has 114 valence electrons. The van der Waals surface area contributed by atoms with Crippen LogP contribution in [-0.2, 0) is 0 Å². The number of aromatic nitrogens is 2. The molecule has 21 heavy (non-hydrogen) atoms. The second kappa shape index (κ2) is 5.72. The van der Waals surface area contributed by atoms with Gasteiger partial charge >= 0.3 is 6.36 Å². The number of rotatable bonds is 4. The number of benzene rings is 1. The molecule has 8 heteroatoms. The predicted molar refractivity (Wildman–Crippen MR) is 69.1 cm³/mol. The van der Waals surface area contributed by atoms with Gasteiger partial charge in [0.15, 0.2) is 0 Å². The molecule has 0 fully saturated rings. The van der Waals surface area contributed by atoms with Crippen molar-refractivity contribution in [1.29, 1.82) is 0 Å².